The molecule has 1 unspecified atom stereocenters. The van der Waals surface area contributed by atoms with Crippen molar-refractivity contribution < 1.29 is 4.74 Å². The number of methoxy groups -OCH3 is 1. The van der Waals surface area contributed by atoms with Crippen LogP contribution in [0.4, 0.5) is 0 Å². The van der Waals surface area contributed by atoms with Gasteiger partial charge in [-0.3, -0.25) is 4.90 Å². The summed E-state index contributed by atoms with van der Waals surface area (Å²) in [5.74, 6) is 0. The molecule has 1 atom stereocenters. The molecule has 0 amide bonds. The van der Waals surface area contributed by atoms with Crippen molar-refractivity contribution in [3.8, 4) is 0 Å². The van der Waals surface area contributed by atoms with Crippen LogP contribution in [-0.4, -0.2) is 43.3 Å². The van der Waals surface area contributed by atoms with Gasteiger partial charge in [0.2, 0.25) is 0 Å². The Balaban J connectivity index is 1.95. The first-order valence-electron chi connectivity index (χ1n) is 5.79. The van der Waals surface area contributed by atoms with Gasteiger partial charge in [-0.1, -0.05) is 0 Å². The zero-order chi connectivity index (χ0) is 10.0. The van der Waals surface area contributed by atoms with Crippen molar-refractivity contribution in [1.82, 2.24) is 4.90 Å². The van der Waals surface area contributed by atoms with Gasteiger partial charge < -0.3 is 10.5 Å². The maximum absolute atomic E-state index is 5.90. The van der Waals surface area contributed by atoms with E-state index in [4.69, 9.17) is 10.5 Å². The molecular weight excluding hydrogens is 176 g/mol. The van der Waals surface area contributed by atoms with Gasteiger partial charge in [-0.05, 0) is 38.6 Å². The summed E-state index contributed by atoms with van der Waals surface area (Å²) in [7, 11) is 1.82. The fraction of sp³-hybridized carbons (Fsp3) is 1.00. The molecule has 0 bridgehead atoms. The van der Waals surface area contributed by atoms with Gasteiger partial charge in [-0.25, -0.2) is 0 Å². The van der Waals surface area contributed by atoms with Gasteiger partial charge in [0, 0.05) is 25.7 Å². The molecule has 0 radical (unpaired) electrons. The first-order chi connectivity index (χ1) is 6.80. The smallest absolute Gasteiger partial charge is 0.0698 e. The van der Waals surface area contributed by atoms with Crippen LogP contribution in [0.1, 0.15) is 32.1 Å². The van der Waals surface area contributed by atoms with E-state index in [1.54, 1.807) is 0 Å². The van der Waals surface area contributed by atoms with E-state index >= 15 is 0 Å². The standard InChI is InChI=1S/C11H22N2O/c1-14-10-4-2-7-13(8-10)11(9-12)5-3-6-11/h10H,2-9,12H2,1H3. The highest BCUT2D eigenvalue weighted by Gasteiger charge is 2.42. The number of hydrogen-bond acceptors (Lipinski definition) is 3. The molecule has 3 nitrogen and oxygen atoms in total. The predicted molar refractivity (Wildman–Crippen MR) is 57.2 cm³/mol. The Morgan fingerprint density at radius 2 is 2.21 bits per heavy atom. The van der Waals surface area contributed by atoms with E-state index < -0.39 is 0 Å². The van der Waals surface area contributed by atoms with Crippen molar-refractivity contribution in [3.63, 3.8) is 0 Å². The Morgan fingerprint density at radius 1 is 1.43 bits per heavy atom. The van der Waals surface area contributed by atoms with E-state index in [1.807, 2.05) is 7.11 Å². The minimum absolute atomic E-state index is 0.344. The molecule has 2 aliphatic rings. The number of piperidine rings is 1. The van der Waals surface area contributed by atoms with Crippen LogP contribution in [0.3, 0.4) is 0 Å². The van der Waals surface area contributed by atoms with Crippen LogP contribution in [0.15, 0.2) is 0 Å². The fourth-order valence-corrected chi connectivity index (χ4v) is 2.80. The topological polar surface area (TPSA) is 38.5 Å². The molecule has 2 fully saturated rings. The van der Waals surface area contributed by atoms with Crippen molar-refractivity contribution in [2.75, 3.05) is 26.7 Å². The molecule has 0 aromatic rings. The van der Waals surface area contributed by atoms with Crippen LogP contribution in [0.5, 0.6) is 0 Å². The first kappa shape index (κ1) is 10.4. The molecule has 0 aromatic carbocycles. The largest absolute Gasteiger partial charge is 0.380 e. The molecule has 0 spiro atoms. The van der Waals surface area contributed by atoms with Crippen LogP contribution in [0.2, 0.25) is 0 Å². The lowest BCUT2D eigenvalue weighted by Gasteiger charge is -2.52. The number of rotatable bonds is 3. The van der Waals surface area contributed by atoms with E-state index in [-0.39, 0.29) is 0 Å². The average molecular weight is 198 g/mol. The summed E-state index contributed by atoms with van der Waals surface area (Å²) in [6.07, 6.45) is 6.85. The van der Waals surface area contributed by atoms with Gasteiger partial charge in [0.15, 0.2) is 0 Å². The summed E-state index contributed by atoms with van der Waals surface area (Å²) in [6.45, 7) is 3.13. The molecule has 82 valence electrons. The van der Waals surface area contributed by atoms with Gasteiger partial charge >= 0.3 is 0 Å². The van der Waals surface area contributed by atoms with Crippen molar-refractivity contribution in [1.29, 1.82) is 0 Å². The zero-order valence-corrected chi connectivity index (χ0v) is 9.17. The number of nitrogens with zero attached hydrogens (tertiary/aromatic N) is 1. The normalized spacial score (nSPS) is 32.6. The molecule has 14 heavy (non-hydrogen) atoms. The number of nitrogens with two attached hydrogens (primary N) is 1. The lowest BCUT2D eigenvalue weighted by atomic mass is 9.74. The van der Waals surface area contributed by atoms with Gasteiger partial charge in [0.1, 0.15) is 0 Å². The van der Waals surface area contributed by atoms with E-state index in [1.165, 1.54) is 38.6 Å². The van der Waals surface area contributed by atoms with E-state index in [0.717, 1.165) is 13.1 Å². The molecule has 1 saturated heterocycles. The van der Waals surface area contributed by atoms with Crippen molar-refractivity contribution >= 4 is 0 Å². The molecule has 1 aliphatic heterocycles. The summed E-state index contributed by atoms with van der Waals surface area (Å²) in [4.78, 5) is 2.58. The second-order valence-electron chi connectivity index (χ2n) is 4.73. The van der Waals surface area contributed by atoms with Crippen molar-refractivity contribution in [2.45, 2.75) is 43.7 Å². The molecule has 2 rings (SSSR count). The van der Waals surface area contributed by atoms with Crippen LogP contribution in [-0.2, 0) is 4.74 Å². The van der Waals surface area contributed by atoms with Gasteiger partial charge in [-0.15, -0.1) is 0 Å². The highest BCUT2D eigenvalue weighted by atomic mass is 16.5. The van der Waals surface area contributed by atoms with E-state index in [0.29, 0.717) is 11.6 Å². The molecule has 3 heteroatoms. The molecule has 1 saturated carbocycles. The van der Waals surface area contributed by atoms with Crippen molar-refractivity contribution in [2.24, 2.45) is 5.73 Å². The van der Waals surface area contributed by atoms with Gasteiger partial charge in [0.05, 0.1) is 6.10 Å². The third-order valence-electron chi connectivity index (χ3n) is 4.05. The Labute approximate surface area is 86.6 Å². The summed E-state index contributed by atoms with van der Waals surface area (Å²) in [5.41, 5.74) is 6.25. The fourth-order valence-electron chi connectivity index (χ4n) is 2.80. The Kier molecular flexibility index (Phi) is 3.10. The maximum Gasteiger partial charge on any atom is 0.0698 e. The summed E-state index contributed by atoms with van der Waals surface area (Å²) >= 11 is 0. The highest BCUT2D eigenvalue weighted by molar-refractivity contribution is 5.00. The lowest BCUT2D eigenvalue weighted by Crippen LogP contribution is -2.61. The molecule has 2 N–H and O–H groups in total. The Hall–Kier alpha value is -0.120. The second-order valence-corrected chi connectivity index (χ2v) is 4.73. The third kappa shape index (κ3) is 1.69. The highest BCUT2D eigenvalue weighted by Crippen LogP contribution is 2.38. The minimum Gasteiger partial charge on any atom is -0.380 e. The van der Waals surface area contributed by atoms with E-state index in [2.05, 4.69) is 4.90 Å². The summed E-state index contributed by atoms with van der Waals surface area (Å²) < 4.78 is 5.45. The maximum atomic E-state index is 5.90. The monoisotopic (exact) mass is 198 g/mol. The lowest BCUT2D eigenvalue weighted by molar-refractivity contribution is -0.0472. The first-order valence-corrected chi connectivity index (χ1v) is 5.79. The van der Waals surface area contributed by atoms with Gasteiger partial charge in [0.25, 0.3) is 0 Å². The Bertz CT molecular complexity index is 186. The number of likely N-dealkylation sites (tertiary alicyclic amines) is 1. The Morgan fingerprint density at radius 3 is 2.71 bits per heavy atom. The van der Waals surface area contributed by atoms with Gasteiger partial charge in [-0.2, -0.15) is 0 Å². The zero-order valence-electron chi connectivity index (χ0n) is 9.17. The molecule has 1 aliphatic carbocycles. The van der Waals surface area contributed by atoms with Crippen LogP contribution >= 0.6 is 0 Å². The molecular formula is C11H22N2O. The summed E-state index contributed by atoms with van der Waals surface area (Å²) in [5, 5.41) is 0. The quantitative estimate of drug-likeness (QED) is 0.734. The van der Waals surface area contributed by atoms with E-state index in [9.17, 15) is 0 Å². The number of ether oxygens (including phenoxy) is 1. The van der Waals surface area contributed by atoms with Crippen LogP contribution < -0.4 is 5.73 Å². The molecule has 0 aromatic heterocycles. The third-order valence-corrected chi connectivity index (χ3v) is 4.05. The summed E-state index contributed by atoms with van der Waals surface area (Å²) in [6, 6.07) is 0. The van der Waals surface area contributed by atoms with Crippen LogP contribution in [0, 0.1) is 0 Å². The number of hydrogen-bond donors (Lipinski definition) is 1. The minimum atomic E-state index is 0.344. The van der Waals surface area contributed by atoms with Crippen LogP contribution in [0.25, 0.3) is 0 Å². The second kappa shape index (κ2) is 4.17. The average Bonchev–Trinajstić information content (AvgIpc) is 2.18. The van der Waals surface area contributed by atoms with Crippen molar-refractivity contribution in [3.05, 3.63) is 0 Å². The molecule has 1 heterocycles. The SMILES string of the molecule is COC1CCCN(C2(CN)CCC2)C1. The predicted octanol–water partition coefficient (Wildman–Crippen LogP) is 0.979.